The first-order chi connectivity index (χ1) is 13.2. The topological polar surface area (TPSA) is 52.8 Å². The number of thioether (sulfide) groups is 1. The number of rotatable bonds is 7. The summed E-state index contributed by atoms with van der Waals surface area (Å²) >= 11 is 3.41. The van der Waals surface area contributed by atoms with Crippen molar-refractivity contribution in [3.63, 3.8) is 0 Å². The summed E-state index contributed by atoms with van der Waals surface area (Å²) in [7, 11) is 1.65. The molecule has 2 heterocycles. The van der Waals surface area contributed by atoms with Crippen LogP contribution in [0.4, 0.5) is 0 Å². The minimum Gasteiger partial charge on any atom is -0.497 e. The fraction of sp³-hybridized carbons (Fsp3) is 0.400. The highest BCUT2D eigenvalue weighted by Crippen LogP contribution is 2.28. The molecule has 0 spiro atoms. The second-order valence-electron chi connectivity index (χ2n) is 6.46. The summed E-state index contributed by atoms with van der Waals surface area (Å²) in [6.07, 6.45) is 4.45. The van der Waals surface area contributed by atoms with E-state index in [1.165, 1.54) is 17.0 Å². The third-order valence-electron chi connectivity index (χ3n) is 4.62. The van der Waals surface area contributed by atoms with Crippen molar-refractivity contribution in [2.24, 2.45) is 0 Å². The van der Waals surface area contributed by atoms with Crippen molar-refractivity contribution in [2.45, 2.75) is 31.4 Å². The van der Waals surface area contributed by atoms with Gasteiger partial charge in [0.15, 0.2) is 4.96 Å². The largest absolute Gasteiger partial charge is 0.497 e. The van der Waals surface area contributed by atoms with Crippen LogP contribution >= 0.6 is 23.1 Å². The number of nitrogens with zero attached hydrogens (tertiary/aromatic N) is 2. The molecule has 0 bridgehead atoms. The monoisotopic (exact) mass is 402 g/mol. The van der Waals surface area contributed by atoms with E-state index in [0.717, 1.165) is 52.9 Å². The summed E-state index contributed by atoms with van der Waals surface area (Å²) in [6.45, 7) is 0.617. The molecule has 0 atom stereocenters. The van der Waals surface area contributed by atoms with Crippen molar-refractivity contribution in [3.8, 4) is 11.5 Å². The molecule has 4 rings (SSSR count). The SMILES string of the molecule is COc1ccc(OCCSCc2cc(=O)n3c4c(sc3n2)CCCC4)cc1. The van der Waals surface area contributed by atoms with Crippen LogP contribution in [-0.4, -0.2) is 28.9 Å². The Kier molecular flexibility index (Phi) is 5.69. The van der Waals surface area contributed by atoms with E-state index >= 15 is 0 Å². The van der Waals surface area contributed by atoms with Crippen LogP contribution in [0.1, 0.15) is 29.1 Å². The Morgan fingerprint density at radius 2 is 1.96 bits per heavy atom. The molecule has 0 saturated heterocycles. The first-order valence-electron chi connectivity index (χ1n) is 9.12. The Bertz CT molecular complexity index is 979. The fourth-order valence-electron chi connectivity index (χ4n) is 3.28. The fourth-order valence-corrected chi connectivity index (χ4v) is 5.22. The molecule has 142 valence electrons. The lowest BCUT2D eigenvalue weighted by molar-refractivity contribution is 0.342. The van der Waals surface area contributed by atoms with Crippen LogP contribution in [0.25, 0.3) is 4.96 Å². The van der Waals surface area contributed by atoms with Crippen molar-refractivity contribution in [2.75, 3.05) is 19.5 Å². The summed E-state index contributed by atoms with van der Waals surface area (Å²) in [4.78, 5) is 19.4. The highest BCUT2D eigenvalue weighted by atomic mass is 32.2. The average molecular weight is 403 g/mol. The minimum absolute atomic E-state index is 0.0597. The number of hydrogen-bond donors (Lipinski definition) is 0. The van der Waals surface area contributed by atoms with Gasteiger partial charge in [0.05, 0.1) is 19.4 Å². The van der Waals surface area contributed by atoms with Crippen molar-refractivity contribution in [1.82, 2.24) is 9.38 Å². The van der Waals surface area contributed by atoms with Gasteiger partial charge in [-0.05, 0) is 49.9 Å². The molecule has 0 aliphatic heterocycles. The molecule has 27 heavy (non-hydrogen) atoms. The van der Waals surface area contributed by atoms with Gasteiger partial charge in [-0.3, -0.25) is 9.20 Å². The maximum absolute atomic E-state index is 12.5. The number of benzene rings is 1. The van der Waals surface area contributed by atoms with E-state index in [4.69, 9.17) is 14.5 Å². The van der Waals surface area contributed by atoms with Crippen LogP contribution in [0, 0.1) is 0 Å². The number of fused-ring (bicyclic) bond motifs is 3. The summed E-state index contributed by atoms with van der Waals surface area (Å²) < 4.78 is 12.7. The third kappa shape index (κ3) is 4.14. The second-order valence-corrected chi connectivity index (χ2v) is 8.63. The molecular formula is C20H22N2O3S2. The number of aromatic nitrogens is 2. The van der Waals surface area contributed by atoms with Gasteiger partial charge in [-0.1, -0.05) is 0 Å². The van der Waals surface area contributed by atoms with Crippen molar-refractivity contribution < 1.29 is 9.47 Å². The number of thiazole rings is 1. The zero-order chi connectivity index (χ0) is 18.6. The maximum atomic E-state index is 12.5. The average Bonchev–Trinajstić information content (AvgIpc) is 3.07. The molecule has 1 aromatic carbocycles. The lowest BCUT2D eigenvalue weighted by atomic mass is 10.0. The van der Waals surface area contributed by atoms with E-state index in [-0.39, 0.29) is 5.56 Å². The van der Waals surface area contributed by atoms with E-state index in [0.29, 0.717) is 6.61 Å². The first-order valence-corrected chi connectivity index (χ1v) is 11.1. The molecule has 0 fully saturated rings. The Morgan fingerprint density at radius 3 is 2.78 bits per heavy atom. The molecule has 5 nitrogen and oxygen atoms in total. The van der Waals surface area contributed by atoms with E-state index in [9.17, 15) is 4.79 Å². The number of aryl methyl sites for hydroxylation is 2. The van der Waals surface area contributed by atoms with Crippen LogP contribution in [0.3, 0.4) is 0 Å². The number of ether oxygens (including phenoxy) is 2. The molecule has 0 radical (unpaired) electrons. The van der Waals surface area contributed by atoms with E-state index in [2.05, 4.69) is 0 Å². The highest BCUT2D eigenvalue weighted by molar-refractivity contribution is 7.98. The maximum Gasteiger partial charge on any atom is 0.259 e. The van der Waals surface area contributed by atoms with Crippen molar-refractivity contribution >= 4 is 28.1 Å². The van der Waals surface area contributed by atoms with Gasteiger partial charge in [-0.25, -0.2) is 4.98 Å². The number of methoxy groups -OCH3 is 1. The molecule has 0 unspecified atom stereocenters. The Morgan fingerprint density at radius 1 is 1.19 bits per heavy atom. The molecule has 0 N–H and O–H groups in total. The van der Waals surface area contributed by atoms with Gasteiger partial charge in [-0.15, -0.1) is 11.3 Å². The molecule has 0 saturated carbocycles. The Labute approximate surface area is 166 Å². The van der Waals surface area contributed by atoms with Gasteiger partial charge in [0.2, 0.25) is 0 Å². The lowest BCUT2D eigenvalue weighted by Crippen LogP contribution is -2.17. The molecule has 1 aliphatic carbocycles. The Balaban J connectivity index is 1.33. The standard InChI is InChI=1S/C20H22N2O3S2/c1-24-15-6-8-16(9-7-15)25-10-11-26-13-14-12-19(23)22-17-4-2-3-5-18(17)27-20(22)21-14/h6-9,12H,2-5,10-11,13H2,1H3. The first kappa shape index (κ1) is 18.4. The van der Waals surface area contributed by atoms with E-state index in [1.54, 1.807) is 36.3 Å². The zero-order valence-electron chi connectivity index (χ0n) is 15.3. The predicted octanol–water partition coefficient (Wildman–Crippen LogP) is 3.96. The van der Waals surface area contributed by atoms with Gasteiger partial charge in [0, 0.05) is 28.1 Å². The van der Waals surface area contributed by atoms with Gasteiger partial charge < -0.3 is 9.47 Å². The lowest BCUT2D eigenvalue weighted by Gasteiger charge is -2.10. The smallest absolute Gasteiger partial charge is 0.259 e. The van der Waals surface area contributed by atoms with Crippen LogP contribution in [-0.2, 0) is 18.6 Å². The second kappa shape index (κ2) is 8.35. The molecular weight excluding hydrogens is 380 g/mol. The van der Waals surface area contributed by atoms with Crippen LogP contribution in [0.5, 0.6) is 11.5 Å². The molecule has 1 aliphatic rings. The van der Waals surface area contributed by atoms with Gasteiger partial charge in [0.25, 0.3) is 5.56 Å². The zero-order valence-corrected chi connectivity index (χ0v) is 16.9. The van der Waals surface area contributed by atoms with Crippen molar-refractivity contribution in [1.29, 1.82) is 0 Å². The summed E-state index contributed by atoms with van der Waals surface area (Å²) in [5.74, 6) is 3.21. The van der Waals surface area contributed by atoms with Gasteiger partial charge in [0.1, 0.15) is 11.5 Å². The molecule has 0 amide bonds. The Hall–Kier alpha value is -1.99. The quantitative estimate of drug-likeness (QED) is 0.560. The molecule has 2 aromatic heterocycles. The van der Waals surface area contributed by atoms with E-state index < -0.39 is 0 Å². The normalized spacial score (nSPS) is 13.5. The van der Waals surface area contributed by atoms with Gasteiger partial charge in [-0.2, -0.15) is 11.8 Å². The van der Waals surface area contributed by atoms with E-state index in [1.807, 2.05) is 28.7 Å². The van der Waals surface area contributed by atoms with Gasteiger partial charge >= 0.3 is 0 Å². The third-order valence-corrected chi connectivity index (χ3v) is 6.72. The highest BCUT2D eigenvalue weighted by Gasteiger charge is 2.18. The molecule has 7 heteroatoms. The van der Waals surface area contributed by atoms with Crippen LogP contribution < -0.4 is 15.0 Å². The van der Waals surface area contributed by atoms with Crippen molar-refractivity contribution in [3.05, 3.63) is 57.0 Å². The minimum atomic E-state index is 0.0597. The summed E-state index contributed by atoms with van der Waals surface area (Å²) in [5, 5.41) is 0. The summed E-state index contributed by atoms with van der Waals surface area (Å²) in [5.41, 5.74) is 2.10. The molecule has 3 aromatic rings. The summed E-state index contributed by atoms with van der Waals surface area (Å²) in [6, 6.07) is 9.26. The number of hydrogen-bond acceptors (Lipinski definition) is 6. The van der Waals surface area contributed by atoms with Crippen LogP contribution in [0.15, 0.2) is 35.1 Å². The predicted molar refractivity (Wildman–Crippen MR) is 111 cm³/mol. The van der Waals surface area contributed by atoms with Crippen LogP contribution in [0.2, 0.25) is 0 Å².